The smallest absolute Gasteiger partial charge is 0.238 e. The van der Waals surface area contributed by atoms with Crippen LogP contribution in [0.3, 0.4) is 0 Å². The molecule has 26 heavy (non-hydrogen) atoms. The molecule has 4 aliphatic carbocycles. The molecule has 1 saturated heterocycles. The molecular weight excluding hydrogens is 369 g/mol. The van der Waals surface area contributed by atoms with Crippen LogP contribution in [-0.4, -0.2) is 11.8 Å². The van der Waals surface area contributed by atoms with Crippen molar-refractivity contribution in [3.8, 4) is 0 Å². The quantitative estimate of drug-likeness (QED) is 0.401. The molecule has 0 aromatic heterocycles. The zero-order chi connectivity index (χ0) is 17.7. The monoisotopic (exact) mass is 387 g/mol. The fraction of sp³-hybridized carbons (Fsp3) is 0.524. The van der Waals surface area contributed by atoms with E-state index in [2.05, 4.69) is 12.2 Å². The number of carbonyl (C=O) groups is 2. The first kappa shape index (κ1) is 15.7. The minimum absolute atomic E-state index is 0.0416. The number of nitrogens with zero attached hydrogens (tertiary/aromatic N) is 1. The van der Waals surface area contributed by atoms with Crippen molar-refractivity contribution in [3.63, 3.8) is 0 Å². The molecule has 1 aliphatic heterocycles. The Balaban J connectivity index is 1.40. The minimum atomic E-state index is -0.164. The van der Waals surface area contributed by atoms with E-state index >= 15 is 0 Å². The molecule has 5 aliphatic rings. The average Bonchev–Trinajstić information content (AvgIpc) is 3.34. The van der Waals surface area contributed by atoms with Crippen molar-refractivity contribution in [1.82, 2.24) is 0 Å². The molecule has 1 heterocycles. The summed E-state index contributed by atoms with van der Waals surface area (Å²) >= 11 is 12.3. The van der Waals surface area contributed by atoms with Crippen LogP contribution in [0.5, 0.6) is 0 Å². The number of hydrogen-bond donors (Lipinski definition) is 0. The van der Waals surface area contributed by atoms with E-state index in [1.54, 1.807) is 18.2 Å². The number of fused-ring (bicyclic) bond motifs is 11. The molecule has 2 amide bonds. The number of benzene rings is 1. The largest absolute Gasteiger partial charge is 0.274 e. The number of anilines is 1. The summed E-state index contributed by atoms with van der Waals surface area (Å²) < 4.78 is 0. The van der Waals surface area contributed by atoms with Crippen molar-refractivity contribution in [3.05, 3.63) is 40.4 Å². The summed E-state index contributed by atoms with van der Waals surface area (Å²) in [6.45, 7) is 0. The van der Waals surface area contributed by atoms with Crippen LogP contribution in [0.1, 0.15) is 19.3 Å². The Kier molecular flexibility index (Phi) is 3.11. The van der Waals surface area contributed by atoms with Crippen molar-refractivity contribution in [2.45, 2.75) is 19.3 Å². The van der Waals surface area contributed by atoms with Crippen molar-refractivity contribution < 1.29 is 9.59 Å². The second-order valence-corrected chi connectivity index (χ2v) is 9.58. The summed E-state index contributed by atoms with van der Waals surface area (Å²) in [4.78, 5) is 27.9. The van der Waals surface area contributed by atoms with E-state index < -0.39 is 0 Å². The topological polar surface area (TPSA) is 37.4 Å². The maximum absolute atomic E-state index is 13.4. The second kappa shape index (κ2) is 5.14. The third-order valence-electron chi connectivity index (χ3n) is 7.84. The highest BCUT2D eigenvalue weighted by Crippen LogP contribution is 2.67. The van der Waals surface area contributed by atoms with Gasteiger partial charge in [-0.2, -0.15) is 0 Å². The molecule has 0 N–H and O–H groups in total. The van der Waals surface area contributed by atoms with E-state index in [1.165, 1.54) is 11.3 Å². The molecule has 134 valence electrons. The highest BCUT2D eigenvalue weighted by atomic mass is 35.5. The SMILES string of the molecule is O=C1C2CC3CC(C2C(=O)N1c1ccc(Cl)cc1Cl)C1C2C=CC(C2)C31. The zero-order valence-electron chi connectivity index (χ0n) is 14.1. The molecule has 3 nitrogen and oxygen atoms in total. The lowest BCUT2D eigenvalue weighted by molar-refractivity contribution is -0.123. The Labute approximate surface area is 162 Å². The van der Waals surface area contributed by atoms with Crippen LogP contribution in [-0.2, 0) is 9.59 Å². The summed E-state index contributed by atoms with van der Waals surface area (Å²) in [5, 5.41) is 0.870. The normalized spacial score (nSPS) is 44.8. The number of rotatable bonds is 1. The number of carbonyl (C=O) groups excluding carboxylic acids is 2. The van der Waals surface area contributed by atoms with E-state index in [0.717, 1.165) is 12.8 Å². The number of hydrogen-bond acceptors (Lipinski definition) is 2. The Morgan fingerprint density at radius 3 is 2.46 bits per heavy atom. The fourth-order valence-corrected chi connectivity index (χ4v) is 7.67. The minimum Gasteiger partial charge on any atom is -0.274 e. The van der Waals surface area contributed by atoms with Crippen molar-refractivity contribution in [1.29, 1.82) is 0 Å². The second-order valence-electron chi connectivity index (χ2n) is 8.74. The van der Waals surface area contributed by atoms with Gasteiger partial charge in [-0.25, -0.2) is 4.90 Å². The van der Waals surface area contributed by atoms with Gasteiger partial charge in [0.15, 0.2) is 0 Å². The van der Waals surface area contributed by atoms with Crippen molar-refractivity contribution in [2.75, 3.05) is 4.90 Å². The fourth-order valence-electron chi connectivity index (χ4n) is 7.17. The van der Waals surface area contributed by atoms with Crippen LogP contribution < -0.4 is 4.90 Å². The van der Waals surface area contributed by atoms with Crippen molar-refractivity contribution in [2.24, 2.45) is 47.3 Å². The summed E-state index contributed by atoms with van der Waals surface area (Å²) in [7, 11) is 0. The standard InChI is InChI=1S/C21H19Cl2NO2/c22-12-3-4-16(15(23)8-12)24-20(25)14-7-11-6-13(19(14)21(24)26)18-10-2-1-9(5-10)17(11)18/h1-4,8-11,13-14,17-19H,5-7H2. The van der Waals surface area contributed by atoms with Gasteiger partial charge in [0.25, 0.3) is 0 Å². The van der Waals surface area contributed by atoms with E-state index in [4.69, 9.17) is 23.2 Å². The molecular formula is C21H19Cl2NO2. The third kappa shape index (κ3) is 1.81. The van der Waals surface area contributed by atoms with Gasteiger partial charge in [0.2, 0.25) is 11.8 Å². The summed E-state index contributed by atoms with van der Waals surface area (Å²) in [6.07, 6.45) is 8.01. The first-order valence-corrected chi connectivity index (χ1v) is 10.3. The Bertz CT molecular complexity index is 881. The van der Waals surface area contributed by atoms with Gasteiger partial charge in [0.1, 0.15) is 0 Å². The number of allylic oxidation sites excluding steroid dienone is 2. The van der Waals surface area contributed by atoms with Crippen LogP contribution in [0.4, 0.5) is 5.69 Å². The molecule has 3 saturated carbocycles. The molecule has 8 atom stereocenters. The molecule has 1 aromatic carbocycles. The van der Waals surface area contributed by atoms with Crippen LogP contribution in [0.2, 0.25) is 10.0 Å². The highest BCUT2D eigenvalue weighted by molar-refractivity contribution is 6.38. The zero-order valence-corrected chi connectivity index (χ0v) is 15.7. The molecule has 5 heteroatoms. The van der Waals surface area contributed by atoms with E-state index in [9.17, 15) is 9.59 Å². The van der Waals surface area contributed by atoms with Crippen molar-refractivity contribution >= 4 is 40.7 Å². The predicted octanol–water partition coefficient (Wildman–Crippen LogP) is 4.58. The molecule has 0 radical (unpaired) electrons. The van der Waals surface area contributed by atoms with Gasteiger partial charge in [-0.3, -0.25) is 9.59 Å². The van der Waals surface area contributed by atoms with Crippen LogP contribution >= 0.6 is 23.2 Å². The maximum Gasteiger partial charge on any atom is 0.238 e. The molecule has 8 unspecified atom stereocenters. The lowest BCUT2D eigenvalue weighted by Gasteiger charge is -2.31. The molecule has 4 bridgehead atoms. The van der Waals surface area contributed by atoms with Crippen LogP contribution in [0, 0.1) is 47.3 Å². The first-order valence-electron chi connectivity index (χ1n) is 9.56. The molecule has 0 spiro atoms. The molecule has 4 fully saturated rings. The summed E-state index contributed by atoms with van der Waals surface area (Å²) in [6, 6.07) is 4.98. The Hall–Kier alpha value is -1.32. The summed E-state index contributed by atoms with van der Waals surface area (Å²) in [5.74, 6) is 3.15. The van der Waals surface area contributed by atoms with E-state index in [1.807, 2.05) is 0 Å². The summed E-state index contributed by atoms with van der Waals surface area (Å²) in [5.41, 5.74) is 0.487. The highest BCUT2D eigenvalue weighted by Gasteiger charge is 2.66. The Morgan fingerprint density at radius 2 is 1.69 bits per heavy atom. The molecule has 1 aromatic rings. The van der Waals surface area contributed by atoms with Gasteiger partial charge in [-0.05, 0) is 73.0 Å². The maximum atomic E-state index is 13.4. The van der Waals surface area contributed by atoms with Gasteiger partial charge >= 0.3 is 0 Å². The number of amides is 2. The average molecular weight is 388 g/mol. The van der Waals surface area contributed by atoms with Crippen LogP contribution in [0.15, 0.2) is 30.4 Å². The lowest BCUT2D eigenvalue weighted by atomic mass is 9.70. The van der Waals surface area contributed by atoms with Gasteiger partial charge in [-0.15, -0.1) is 0 Å². The van der Waals surface area contributed by atoms with E-state index in [-0.39, 0.29) is 23.7 Å². The number of halogens is 2. The van der Waals surface area contributed by atoms with Gasteiger partial charge in [0.05, 0.1) is 22.5 Å². The van der Waals surface area contributed by atoms with Gasteiger partial charge < -0.3 is 0 Å². The third-order valence-corrected chi connectivity index (χ3v) is 8.38. The van der Waals surface area contributed by atoms with Gasteiger partial charge in [0, 0.05) is 5.02 Å². The predicted molar refractivity (Wildman–Crippen MR) is 99.9 cm³/mol. The number of imide groups is 1. The lowest BCUT2D eigenvalue weighted by Crippen LogP contribution is -2.34. The Morgan fingerprint density at radius 1 is 0.923 bits per heavy atom. The van der Waals surface area contributed by atoms with E-state index in [0.29, 0.717) is 51.2 Å². The van der Waals surface area contributed by atoms with Gasteiger partial charge in [-0.1, -0.05) is 35.4 Å². The molecule has 6 rings (SSSR count). The van der Waals surface area contributed by atoms with Crippen LogP contribution in [0.25, 0.3) is 0 Å². The first-order chi connectivity index (χ1) is 12.5.